The van der Waals surface area contributed by atoms with Crippen LogP contribution in [0.15, 0.2) is 36.9 Å². The summed E-state index contributed by atoms with van der Waals surface area (Å²) in [6, 6.07) is 7.31. The zero-order valence-electron chi connectivity index (χ0n) is 9.69. The molecule has 1 aromatic carbocycles. The molecule has 0 radical (unpaired) electrons. The Hall–Kier alpha value is -1.77. The number of amides is 1. The summed E-state index contributed by atoms with van der Waals surface area (Å²) in [6.07, 6.45) is 1.68. The van der Waals surface area contributed by atoms with E-state index < -0.39 is 0 Å². The molecule has 0 heterocycles. The van der Waals surface area contributed by atoms with Gasteiger partial charge in [0.2, 0.25) is 5.91 Å². The van der Waals surface area contributed by atoms with Gasteiger partial charge in [-0.2, -0.15) is 0 Å². The van der Waals surface area contributed by atoms with Gasteiger partial charge in [-0.3, -0.25) is 4.79 Å². The molecule has 0 aromatic heterocycles. The molecule has 1 rings (SSSR count). The molecule has 0 aliphatic heterocycles. The highest BCUT2D eigenvalue weighted by Crippen LogP contribution is 2.17. The van der Waals surface area contributed by atoms with Gasteiger partial charge in [-0.1, -0.05) is 32.6 Å². The number of hydrogen-bond donors (Lipinski definition) is 1. The van der Waals surface area contributed by atoms with Crippen LogP contribution in [0.4, 0.5) is 5.69 Å². The van der Waals surface area contributed by atoms with Crippen molar-refractivity contribution in [3.8, 4) is 5.75 Å². The minimum absolute atomic E-state index is 0.000806. The van der Waals surface area contributed by atoms with Crippen molar-refractivity contribution in [2.45, 2.75) is 13.8 Å². The van der Waals surface area contributed by atoms with Crippen LogP contribution in [0.5, 0.6) is 5.75 Å². The van der Waals surface area contributed by atoms with Crippen molar-refractivity contribution in [3.05, 3.63) is 36.9 Å². The summed E-state index contributed by atoms with van der Waals surface area (Å²) in [6.45, 7) is 7.74. The number of benzene rings is 1. The van der Waals surface area contributed by atoms with E-state index in [4.69, 9.17) is 4.74 Å². The van der Waals surface area contributed by atoms with E-state index in [2.05, 4.69) is 11.9 Å². The number of carbonyl (C=O) groups is 1. The third kappa shape index (κ3) is 3.77. The Kier molecular flexibility index (Phi) is 4.58. The van der Waals surface area contributed by atoms with Gasteiger partial charge >= 0.3 is 0 Å². The molecule has 0 fully saturated rings. The largest absolute Gasteiger partial charge is 0.489 e. The van der Waals surface area contributed by atoms with Gasteiger partial charge in [-0.15, -0.1) is 0 Å². The molecule has 16 heavy (non-hydrogen) atoms. The predicted molar refractivity (Wildman–Crippen MR) is 65.6 cm³/mol. The Labute approximate surface area is 96.1 Å². The van der Waals surface area contributed by atoms with Crippen molar-refractivity contribution < 1.29 is 9.53 Å². The Balaban J connectivity index is 2.66. The number of anilines is 1. The lowest BCUT2D eigenvalue weighted by Gasteiger charge is -2.09. The number of nitrogens with one attached hydrogen (secondary N) is 1. The standard InChI is InChI=1S/C13H17NO2/c1-4-8-16-12-7-5-6-11(9-12)14-13(15)10(2)3/h4-7,9-10H,1,8H2,2-3H3,(H,14,15). The van der Waals surface area contributed by atoms with E-state index in [9.17, 15) is 4.79 Å². The number of ether oxygens (including phenoxy) is 1. The Bertz CT molecular complexity index is 372. The number of rotatable bonds is 5. The smallest absolute Gasteiger partial charge is 0.226 e. The van der Waals surface area contributed by atoms with Crippen LogP contribution in [0.1, 0.15) is 13.8 Å². The molecule has 3 nitrogen and oxygen atoms in total. The second-order valence-electron chi connectivity index (χ2n) is 3.77. The molecule has 86 valence electrons. The van der Waals surface area contributed by atoms with Crippen molar-refractivity contribution in [1.82, 2.24) is 0 Å². The highest BCUT2D eigenvalue weighted by molar-refractivity contribution is 5.92. The van der Waals surface area contributed by atoms with Crippen LogP contribution in [0.25, 0.3) is 0 Å². The first-order chi connectivity index (χ1) is 7.63. The van der Waals surface area contributed by atoms with Crippen molar-refractivity contribution in [3.63, 3.8) is 0 Å². The number of carbonyl (C=O) groups excluding carboxylic acids is 1. The van der Waals surface area contributed by atoms with Crippen LogP contribution < -0.4 is 10.1 Å². The minimum atomic E-state index is -0.0299. The van der Waals surface area contributed by atoms with E-state index >= 15 is 0 Å². The van der Waals surface area contributed by atoms with Crippen molar-refractivity contribution >= 4 is 11.6 Å². The van der Waals surface area contributed by atoms with Crippen molar-refractivity contribution in [2.24, 2.45) is 5.92 Å². The summed E-state index contributed by atoms with van der Waals surface area (Å²) >= 11 is 0. The van der Waals surface area contributed by atoms with Crippen LogP contribution in [-0.2, 0) is 4.79 Å². The van der Waals surface area contributed by atoms with Crippen LogP contribution in [0.2, 0.25) is 0 Å². The first-order valence-corrected chi connectivity index (χ1v) is 5.28. The second-order valence-corrected chi connectivity index (χ2v) is 3.77. The van der Waals surface area contributed by atoms with Gasteiger partial charge < -0.3 is 10.1 Å². The third-order valence-corrected chi connectivity index (χ3v) is 1.99. The van der Waals surface area contributed by atoms with Gasteiger partial charge in [0.25, 0.3) is 0 Å². The summed E-state index contributed by atoms with van der Waals surface area (Å²) in [7, 11) is 0. The molecular formula is C13H17NO2. The summed E-state index contributed by atoms with van der Waals surface area (Å²) in [5.41, 5.74) is 0.750. The first-order valence-electron chi connectivity index (χ1n) is 5.28. The van der Waals surface area contributed by atoms with Crippen LogP contribution >= 0.6 is 0 Å². The molecule has 0 unspecified atom stereocenters. The molecule has 1 amide bonds. The van der Waals surface area contributed by atoms with Gasteiger partial charge in [0.05, 0.1) is 0 Å². The van der Waals surface area contributed by atoms with E-state index in [1.807, 2.05) is 32.0 Å². The van der Waals surface area contributed by atoms with Gasteiger partial charge in [0.15, 0.2) is 0 Å². The van der Waals surface area contributed by atoms with E-state index in [0.29, 0.717) is 6.61 Å². The molecule has 0 aliphatic rings. The zero-order chi connectivity index (χ0) is 12.0. The molecule has 1 N–H and O–H groups in total. The molecule has 3 heteroatoms. The number of hydrogen-bond acceptors (Lipinski definition) is 2. The Morgan fingerprint density at radius 1 is 1.56 bits per heavy atom. The third-order valence-electron chi connectivity index (χ3n) is 1.99. The summed E-state index contributed by atoms with van der Waals surface area (Å²) in [5.74, 6) is 0.695. The minimum Gasteiger partial charge on any atom is -0.489 e. The summed E-state index contributed by atoms with van der Waals surface area (Å²) < 4.78 is 5.37. The SMILES string of the molecule is C=CCOc1cccc(NC(=O)C(C)C)c1. The van der Waals surface area contributed by atoms with Crippen molar-refractivity contribution in [2.75, 3.05) is 11.9 Å². The Morgan fingerprint density at radius 3 is 2.94 bits per heavy atom. The molecule has 0 saturated carbocycles. The quantitative estimate of drug-likeness (QED) is 0.773. The van der Waals surface area contributed by atoms with E-state index in [1.165, 1.54) is 0 Å². The maximum atomic E-state index is 11.5. The second kappa shape index (κ2) is 5.95. The first kappa shape index (κ1) is 12.3. The van der Waals surface area contributed by atoms with Gasteiger partial charge in [-0.25, -0.2) is 0 Å². The normalized spacial score (nSPS) is 9.94. The summed E-state index contributed by atoms with van der Waals surface area (Å²) in [5, 5.41) is 2.81. The average molecular weight is 219 g/mol. The van der Waals surface area contributed by atoms with E-state index in [1.54, 1.807) is 12.1 Å². The fourth-order valence-electron chi connectivity index (χ4n) is 1.11. The fourth-order valence-corrected chi connectivity index (χ4v) is 1.11. The van der Waals surface area contributed by atoms with Gasteiger partial charge in [-0.05, 0) is 12.1 Å². The zero-order valence-corrected chi connectivity index (χ0v) is 9.69. The van der Waals surface area contributed by atoms with Crippen LogP contribution in [0, 0.1) is 5.92 Å². The maximum absolute atomic E-state index is 11.5. The van der Waals surface area contributed by atoms with E-state index in [0.717, 1.165) is 11.4 Å². The predicted octanol–water partition coefficient (Wildman–Crippen LogP) is 2.85. The lowest BCUT2D eigenvalue weighted by Crippen LogP contribution is -2.17. The summed E-state index contributed by atoms with van der Waals surface area (Å²) in [4.78, 5) is 11.5. The molecular weight excluding hydrogens is 202 g/mol. The van der Waals surface area contributed by atoms with Gasteiger partial charge in [0, 0.05) is 17.7 Å². The highest BCUT2D eigenvalue weighted by atomic mass is 16.5. The van der Waals surface area contributed by atoms with Crippen molar-refractivity contribution in [1.29, 1.82) is 0 Å². The maximum Gasteiger partial charge on any atom is 0.226 e. The van der Waals surface area contributed by atoms with E-state index in [-0.39, 0.29) is 11.8 Å². The van der Waals surface area contributed by atoms with Crippen LogP contribution in [-0.4, -0.2) is 12.5 Å². The molecule has 0 spiro atoms. The Morgan fingerprint density at radius 2 is 2.31 bits per heavy atom. The van der Waals surface area contributed by atoms with Gasteiger partial charge in [0.1, 0.15) is 12.4 Å². The molecule has 1 aromatic rings. The molecule has 0 aliphatic carbocycles. The molecule has 0 atom stereocenters. The molecule has 0 saturated heterocycles. The lowest BCUT2D eigenvalue weighted by atomic mass is 10.2. The topological polar surface area (TPSA) is 38.3 Å². The fraction of sp³-hybridized carbons (Fsp3) is 0.308. The van der Waals surface area contributed by atoms with Crippen LogP contribution in [0.3, 0.4) is 0 Å². The monoisotopic (exact) mass is 219 g/mol. The molecule has 0 bridgehead atoms. The average Bonchev–Trinajstić information content (AvgIpc) is 2.26. The lowest BCUT2D eigenvalue weighted by molar-refractivity contribution is -0.118. The highest BCUT2D eigenvalue weighted by Gasteiger charge is 2.07.